The zero-order chi connectivity index (χ0) is 15.9. The summed E-state index contributed by atoms with van der Waals surface area (Å²) in [4.78, 5) is 13.5. The Labute approximate surface area is 132 Å². The number of esters is 1. The third-order valence-electron chi connectivity index (χ3n) is 3.85. The molecule has 3 nitrogen and oxygen atoms in total. The highest BCUT2D eigenvalue weighted by Crippen LogP contribution is 2.46. The molecule has 0 bridgehead atoms. The fourth-order valence-corrected chi connectivity index (χ4v) is 4.26. The van der Waals surface area contributed by atoms with E-state index in [2.05, 4.69) is 6.58 Å². The van der Waals surface area contributed by atoms with Crippen LogP contribution in [0.2, 0.25) is 0 Å². The lowest BCUT2D eigenvalue weighted by Crippen LogP contribution is -2.37. The molecule has 0 N–H and O–H groups in total. The van der Waals surface area contributed by atoms with Crippen LogP contribution in [0.4, 0.5) is 0 Å². The molecule has 112 valence electrons. The number of benzene rings is 2. The van der Waals surface area contributed by atoms with Gasteiger partial charge in [0.2, 0.25) is 0 Å². The van der Waals surface area contributed by atoms with E-state index >= 15 is 0 Å². The Bertz CT molecular complexity index is 719. The quantitative estimate of drug-likeness (QED) is 0.484. The molecule has 0 saturated heterocycles. The Morgan fingerprint density at radius 1 is 1.09 bits per heavy atom. The lowest BCUT2D eigenvalue weighted by atomic mass is 9.87. The third-order valence-corrected chi connectivity index (χ3v) is 5.36. The summed E-state index contributed by atoms with van der Waals surface area (Å²) in [5.41, 5.74) is 0.864. The van der Waals surface area contributed by atoms with Gasteiger partial charge in [0.25, 0.3) is 0 Å². The minimum absolute atomic E-state index is 0.336. The molecule has 0 radical (unpaired) electrons. The van der Waals surface area contributed by atoms with E-state index in [0.717, 1.165) is 11.1 Å². The molecule has 1 heterocycles. The monoisotopic (exact) mass is 312 g/mol. The Morgan fingerprint density at radius 3 is 2.00 bits per heavy atom. The van der Waals surface area contributed by atoms with Crippen LogP contribution >= 0.6 is 0 Å². The van der Waals surface area contributed by atoms with E-state index < -0.39 is 22.7 Å². The summed E-state index contributed by atoms with van der Waals surface area (Å²) in [6.45, 7) is 7.09. The van der Waals surface area contributed by atoms with Crippen molar-refractivity contribution in [2.24, 2.45) is 0 Å². The fraction of sp³-hybridized carbons (Fsp3) is 0.167. The van der Waals surface area contributed by atoms with Crippen LogP contribution in [0.15, 0.2) is 70.5 Å². The van der Waals surface area contributed by atoms with Gasteiger partial charge in [0.1, 0.15) is 0 Å². The van der Waals surface area contributed by atoms with Gasteiger partial charge in [-0.05, 0) is 38.1 Å². The molecule has 22 heavy (non-hydrogen) atoms. The van der Waals surface area contributed by atoms with E-state index in [-0.39, 0.29) is 0 Å². The van der Waals surface area contributed by atoms with E-state index in [9.17, 15) is 9.35 Å². The van der Waals surface area contributed by atoms with E-state index in [1.165, 1.54) is 0 Å². The number of hydrogen-bond donors (Lipinski definition) is 0. The Morgan fingerprint density at radius 2 is 1.55 bits per heavy atom. The average molecular weight is 312 g/mol. The number of rotatable bonds is 2. The predicted molar refractivity (Wildman–Crippen MR) is 84.9 cm³/mol. The molecular weight excluding hydrogens is 296 g/mol. The molecule has 0 spiro atoms. The second kappa shape index (κ2) is 5.30. The molecule has 0 saturated carbocycles. The van der Waals surface area contributed by atoms with Gasteiger partial charge in [-0.2, -0.15) is 0 Å². The number of hydrogen-bond acceptors (Lipinski definition) is 3. The Kier molecular flexibility index (Phi) is 3.59. The van der Waals surface area contributed by atoms with Gasteiger partial charge in [0.15, 0.2) is 15.4 Å². The summed E-state index contributed by atoms with van der Waals surface area (Å²) >= 11 is -1.28. The van der Waals surface area contributed by atoms with Gasteiger partial charge in [-0.25, -0.2) is 4.79 Å². The van der Waals surface area contributed by atoms with Crippen LogP contribution in [0.1, 0.15) is 25.0 Å². The van der Waals surface area contributed by atoms with Crippen LogP contribution < -0.4 is 0 Å². The van der Waals surface area contributed by atoms with Crippen molar-refractivity contribution in [2.45, 2.75) is 29.2 Å². The number of ether oxygens (including phenoxy) is 1. The maximum Gasteiger partial charge on any atom is 0.334 e. The summed E-state index contributed by atoms with van der Waals surface area (Å²) in [5, 5.41) is 0. The smallest absolute Gasteiger partial charge is 0.334 e. The van der Waals surface area contributed by atoms with Crippen molar-refractivity contribution in [3.63, 3.8) is 0 Å². The van der Waals surface area contributed by atoms with Crippen LogP contribution in [-0.4, -0.2) is 10.5 Å². The minimum atomic E-state index is -1.28. The lowest BCUT2D eigenvalue weighted by Gasteiger charge is -2.36. The molecule has 1 aliphatic heterocycles. The highest BCUT2D eigenvalue weighted by molar-refractivity contribution is 7.91. The minimum Gasteiger partial charge on any atom is -0.606 e. The van der Waals surface area contributed by atoms with E-state index in [1.807, 2.05) is 55.5 Å². The standard InChI is InChI=1S/C18H16O3S/c1-12(2)17(19)21-18(3)13-8-4-6-10-15(13)22(20)16-11-7-5-9-14(16)18/h4-11H,1H2,2-3H3. The van der Waals surface area contributed by atoms with Gasteiger partial charge < -0.3 is 9.29 Å². The molecule has 1 aliphatic rings. The molecule has 2 aromatic carbocycles. The van der Waals surface area contributed by atoms with Crippen LogP contribution in [0, 0.1) is 0 Å². The zero-order valence-electron chi connectivity index (χ0n) is 12.5. The average Bonchev–Trinajstić information content (AvgIpc) is 2.53. The topological polar surface area (TPSA) is 49.4 Å². The number of carbonyl (C=O) groups excluding carboxylic acids is 1. The van der Waals surface area contributed by atoms with Gasteiger partial charge in [-0.1, -0.05) is 30.8 Å². The second-order valence-electron chi connectivity index (χ2n) is 5.46. The molecule has 4 heteroatoms. The summed E-state index contributed by atoms with van der Waals surface area (Å²) in [6, 6.07) is 14.7. The van der Waals surface area contributed by atoms with Crippen LogP contribution in [0.25, 0.3) is 0 Å². The summed E-state index contributed by atoms with van der Waals surface area (Å²) in [5.74, 6) is -0.459. The van der Waals surface area contributed by atoms with Crippen molar-refractivity contribution in [2.75, 3.05) is 0 Å². The summed E-state index contributed by atoms with van der Waals surface area (Å²) in [6.07, 6.45) is 0. The first-order valence-corrected chi connectivity index (χ1v) is 8.10. The summed E-state index contributed by atoms with van der Waals surface area (Å²) < 4.78 is 18.5. The first-order valence-electron chi connectivity index (χ1n) is 6.95. The largest absolute Gasteiger partial charge is 0.606 e. The predicted octanol–water partition coefficient (Wildman–Crippen LogP) is 3.55. The van der Waals surface area contributed by atoms with Crippen molar-refractivity contribution in [3.8, 4) is 0 Å². The van der Waals surface area contributed by atoms with Crippen LogP contribution in [0.3, 0.4) is 0 Å². The highest BCUT2D eigenvalue weighted by Gasteiger charge is 2.46. The van der Waals surface area contributed by atoms with Crippen molar-refractivity contribution >= 4 is 17.1 Å². The maximum atomic E-state index is 12.8. The first kappa shape index (κ1) is 14.9. The molecule has 0 aromatic heterocycles. The normalized spacial score (nSPS) is 22.4. The molecule has 2 aromatic rings. The van der Waals surface area contributed by atoms with Gasteiger partial charge in [0.05, 0.1) is 11.1 Å². The molecule has 0 unspecified atom stereocenters. The Balaban J connectivity index is 2.23. The van der Waals surface area contributed by atoms with Gasteiger partial charge in [0, 0.05) is 16.7 Å². The summed E-state index contributed by atoms with van der Waals surface area (Å²) in [7, 11) is 0. The maximum absolute atomic E-state index is 12.8. The molecular formula is C18H16O3S. The van der Waals surface area contributed by atoms with Crippen molar-refractivity contribution < 1.29 is 14.1 Å². The fourth-order valence-electron chi connectivity index (χ4n) is 2.69. The van der Waals surface area contributed by atoms with Crippen molar-refractivity contribution in [1.29, 1.82) is 0 Å². The zero-order valence-corrected chi connectivity index (χ0v) is 13.3. The van der Waals surface area contributed by atoms with E-state index in [1.54, 1.807) is 6.92 Å². The van der Waals surface area contributed by atoms with Gasteiger partial charge in [-0.15, -0.1) is 0 Å². The molecule has 0 fully saturated rings. The van der Waals surface area contributed by atoms with Crippen LogP contribution in [-0.2, 0) is 26.3 Å². The van der Waals surface area contributed by atoms with E-state index in [0.29, 0.717) is 15.4 Å². The van der Waals surface area contributed by atoms with Crippen molar-refractivity contribution in [3.05, 3.63) is 71.8 Å². The molecule has 0 atom stereocenters. The number of fused-ring (bicyclic) bond motifs is 2. The third kappa shape index (κ3) is 2.16. The molecule has 0 aliphatic carbocycles. The molecule has 0 amide bonds. The number of carbonyl (C=O) groups is 1. The van der Waals surface area contributed by atoms with Gasteiger partial charge in [-0.3, -0.25) is 0 Å². The van der Waals surface area contributed by atoms with E-state index in [4.69, 9.17) is 4.74 Å². The van der Waals surface area contributed by atoms with Gasteiger partial charge >= 0.3 is 5.97 Å². The highest BCUT2D eigenvalue weighted by atomic mass is 32.2. The second-order valence-corrected chi connectivity index (χ2v) is 6.88. The SMILES string of the molecule is C=C(C)C(=O)OC1(C)c2ccccc2[S+]([O-])c2ccccc21. The lowest BCUT2D eigenvalue weighted by molar-refractivity contribution is -0.150. The molecule has 3 rings (SSSR count). The van der Waals surface area contributed by atoms with Crippen molar-refractivity contribution in [1.82, 2.24) is 0 Å². The first-order chi connectivity index (χ1) is 10.4. The Hall–Kier alpha value is -2.04. The van der Waals surface area contributed by atoms with Crippen LogP contribution in [0.5, 0.6) is 0 Å².